The van der Waals surface area contributed by atoms with Crippen molar-refractivity contribution in [1.82, 2.24) is 0 Å². The summed E-state index contributed by atoms with van der Waals surface area (Å²) in [6.07, 6.45) is 0. The molecule has 0 aromatic heterocycles. The van der Waals surface area contributed by atoms with Crippen LogP contribution in [0, 0.1) is 0 Å². The molecule has 0 spiro atoms. The lowest BCUT2D eigenvalue weighted by Gasteiger charge is -2.22. The Kier molecular flexibility index (Phi) is 5.89. The Morgan fingerprint density at radius 3 is 2.03 bits per heavy atom. The molecule has 0 aliphatic rings. The van der Waals surface area contributed by atoms with Crippen molar-refractivity contribution in [2.24, 2.45) is 0 Å². The van der Waals surface area contributed by atoms with Crippen LogP contribution >= 0.6 is 0 Å². The number of methoxy groups -OCH3 is 1. The minimum Gasteiger partial charge on any atom is -0.495 e. The number of rotatable bonds is 6. The predicted molar refractivity (Wildman–Crippen MR) is 114 cm³/mol. The first-order valence-electron chi connectivity index (χ1n) is 8.91. The van der Waals surface area contributed by atoms with Crippen LogP contribution in [-0.2, 0) is 10.0 Å². The maximum atomic E-state index is 13.0. The third-order valence-electron chi connectivity index (χ3n) is 4.63. The largest absolute Gasteiger partial charge is 0.495 e. The molecule has 0 atom stereocenters. The molecule has 0 N–H and O–H groups in total. The number of benzene rings is 3. The zero-order valence-corrected chi connectivity index (χ0v) is 17.3. The van der Waals surface area contributed by atoms with Gasteiger partial charge in [-0.1, -0.05) is 30.3 Å². The molecule has 0 bridgehead atoms. The fourth-order valence-electron chi connectivity index (χ4n) is 2.91. The minimum absolute atomic E-state index is 0.0878. The number of para-hydroxylation sites is 3. The highest BCUT2D eigenvalue weighted by Crippen LogP contribution is 2.31. The second-order valence-electron chi connectivity index (χ2n) is 6.37. The van der Waals surface area contributed by atoms with Crippen LogP contribution in [0.2, 0.25) is 0 Å². The van der Waals surface area contributed by atoms with Gasteiger partial charge in [-0.05, 0) is 48.5 Å². The highest BCUT2D eigenvalue weighted by atomic mass is 32.2. The molecule has 0 fully saturated rings. The van der Waals surface area contributed by atoms with Crippen LogP contribution in [0.3, 0.4) is 0 Å². The number of hydrogen-bond acceptors (Lipinski definition) is 4. The van der Waals surface area contributed by atoms with Crippen molar-refractivity contribution in [1.29, 1.82) is 0 Å². The number of carbonyl (C=O) groups is 1. The van der Waals surface area contributed by atoms with Crippen LogP contribution in [0.1, 0.15) is 10.4 Å². The average molecular weight is 410 g/mol. The normalized spacial score (nSPS) is 11.0. The second kappa shape index (κ2) is 8.36. The molecule has 150 valence electrons. The number of sulfonamides is 1. The van der Waals surface area contributed by atoms with Crippen molar-refractivity contribution < 1.29 is 17.9 Å². The van der Waals surface area contributed by atoms with E-state index in [2.05, 4.69) is 0 Å². The van der Waals surface area contributed by atoms with Crippen LogP contribution in [0.5, 0.6) is 5.75 Å². The van der Waals surface area contributed by atoms with E-state index < -0.39 is 10.0 Å². The van der Waals surface area contributed by atoms with E-state index in [1.165, 1.54) is 47.6 Å². The zero-order valence-electron chi connectivity index (χ0n) is 16.4. The molecule has 29 heavy (non-hydrogen) atoms. The van der Waals surface area contributed by atoms with Gasteiger partial charge in [0, 0.05) is 25.3 Å². The Hall–Kier alpha value is -3.32. The summed E-state index contributed by atoms with van der Waals surface area (Å²) in [5, 5.41) is 0. The van der Waals surface area contributed by atoms with E-state index in [1.807, 2.05) is 30.3 Å². The van der Waals surface area contributed by atoms with Crippen LogP contribution in [0.15, 0.2) is 83.8 Å². The van der Waals surface area contributed by atoms with Crippen LogP contribution in [-0.4, -0.2) is 35.5 Å². The second-order valence-corrected chi connectivity index (χ2v) is 8.34. The third kappa shape index (κ3) is 4.09. The lowest BCUT2D eigenvalue weighted by Crippen LogP contribution is -2.28. The van der Waals surface area contributed by atoms with E-state index in [4.69, 9.17) is 4.74 Å². The van der Waals surface area contributed by atoms with Gasteiger partial charge in [0.2, 0.25) is 0 Å². The van der Waals surface area contributed by atoms with Gasteiger partial charge in [-0.15, -0.1) is 0 Å². The molecule has 3 aromatic rings. The van der Waals surface area contributed by atoms with E-state index in [1.54, 1.807) is 31.3 Å². The Morgan fingerprint density at radius 1 is 0.828 bits per heavy atom. The van der Waals surface area contributed by atoms with Gasteiger partial charge in [0.1, 0.15) is 5.75 Å². The molecule has 0 aliphatic carbocycles. The van der Waals surface area contributed by atoms with Gasteiger partial charge in [0.25, 0.3) is 15.9 Å². The topological polar surface area (TPSA) is 66.9 Å². The highest BCUT2D eigenvalue weighted by Gasteiger charge is 2.24. The molecule has 0 radical (unpaired) electrons. The van der Waals surface area contributed by atoms with Crippen molar-refractivity contribution in [3.63, 3.8) is 0 Å². The first kappa shape index (κ1) is 20.4. The van der Waals surface area contributed by atoms with Crippen LogP contribution in [0.25, 0.3) is 0 Å². The average Bonchev–Trinajstić information content (AvgIpc) is 2.78. The molecule has 3 rings (SSSR count). The lowest BCUT2D eigenvalue weighted by molar-refractivity contribution is 0.0993. The van der Waals surface area contributed by atoms with Crippen molar-refractivity contribution in [2.45, 2.75) is 4.90 Å². The maximum Gasteiger partial charge on any atom is 0.264 e. The molecule has 7 heteroatoms. The number of anilines is 2. The first-order valence-corrected chi connectivity index (χ1v) is 10.4. The van der Waals surface area contributed by atoms with E-state index in [0.717, 1.165) is 5.69 Å². The molecule has 0 saturated carbocycles. The summed E-state index contributed by atoms with van der Waals surface area (Å²) in [4.78, 5) is 14.3. The fraction of sp³-hybridized carbons (Fsp3) is 0.136. The van der Waals surface area contributed by atoms with Crippen LogP contribution in [0.4, 0.5) is 11.4 Å². The lowest BCUT2D eigenvalue weighted by atomic mass is 10.2. The number of nitrogens with zero attached hydrogens (tertiary/aromatic N) is 2. The Balaban J connectivity index is 1.86. The quantitative estimate of drug-likeness (QED) is 0.620. The van der Waals surface area contributed by atoms with Crippen LogP contribution < -0.4 is 13.9 Å². The Morgan fingerprint density at radius 2 is 1.41 bits per heavy atom. The van der Waals surface area contributed by atoms with Gasteiger partial charge < -0.3 is 9.64 Å². The summed E-state index contributed by atoms with van der Waals surface area (Å²) in [6.45, 7) is 0. The third-order valence-corrected chi connectivity index (χ3v) is 6.42. The molecule has 0 aliphatic heterocycles. The van der Waals surface area contributed by atoms with E-state index in [9.17, 15) is 13.2 Å². The van der Waals surface area contributed by atoms with Gasteiger partial charge in [0.15, 0.2) is 0 Å². The molecule has 3 aromatic carbocycles. The van der Waals surface area contributed by atoms with Gasteiger partial charge in [-0.25, -0.2) is 8.42 Å². The summed E-state index contributed by atoms with van der Waals surface area (Å²) in [5.74, 6) is 0.230. The van der Waals surface area contributed by atoms with E-state index in [-0.39, 0.29) is 10.8 Å². The van der Waals surface area contributed by atoms with Crippen molar-refractivity contribution in [2.75, 3.05) is 30.4 Å². The highest BCUT2D eigenvalue weighted by molar-refractivity contribution is 7.92. The van der Waals surface area contributed by atoms with Gasteiger partial charge in [0.05, 0.1) is 17.7 Å². The number of carbonyl (C=O) groups excluding carboxylic acids is 1. The van der Waals surface area contributed by atoms with Crippen molar-refractivity contribution in [3.8, 4) is 5.75 Å². The Labute approximate surface area is 171 Å². The summed E-state index contributed by atoms with van der Waals surface area (Å²) in [5.41, 5.74) is 1.58. The summed E-state index contributed by atoms with van der Waals surface area (Å²) < 4.78 is 32.5. The molecule has 1 amide bonds. The number of ether oxygens (including phenoxy) is 1. The van der Waals surface area contributed by atoms with Crippen molar-refractivity contribution in [3.05, 3.63) is 84.4 Å². The number of hydrogen-bond donors (Lipinski definition) is 0. The fourth-order valence-corrected chi connectivity index (χ4v) is 4.12. The molecule has 0 saturated heterocycles. The maximum absolute atomic E-state index is 13.0. The standard InChI is InChI=1S/C22H22N2O4S/c1-23(18-9-5-4-6-10-18)22(25)17-13-15-19(16-14-17)29(26,27)24(2)20-11-7-8-12-21(20)28-3/h4-16H,1-3H3. The van der Waals surface area contributed by atoms with E-state index >= 15 is 0 Å². The predicted octanol–water partition coefficient (Wildman–Crippen LogP) is 3.80. The molecule has 0 heterocycles. The molecular formula is C22H22N2O4S. The summed E-state index contributed by atoms with van der Waals surface area (Å²) in [6, 6.07) is 22.0. The van der Waals surface area contributed by atoms with Gasteiger partial charge in [-0.2, -0.15) is 0 Å². The smallest absolute Gasteiger partial charge is 0.264 e. The zero-order chi connectivity index (χ0) is 21.0. The summed E-state index contributed by atoms with van der Waals surface area (Å²) in [7, 11) is 0.824. The molecular weight excluding hydrogens is 388 g/mol. The molecule has 0 unspecified atom stereocenters. The van der Waals surface area contributed by atoms with Gasteiger partial charge >= 0.3 is 0 Å². The molecule has 6 nitrogen and oxygen atoms in total. The SMILES string of the molecule is COc1ccccc1N(C)S(=O)(=O)c1ccc(C(=O)N(C)c2ccccc2)cc1. The van der Waals surface area contributed by atoms with Crippen molar-refractivity contribution >= 4 is 27.3 Å². The Bertz CT molecular complexity index is 1100. The van der Waals surface area contributed by atoms with E-state index in [0.29, 0.717) is 17.0 Å². The van der Waals surface area contributed by atoms with Gasteiger partial charge in [-0.3, -0.25) is 9.10 Å². The summed E-state index contributed by atoms with van der Waals surface area (Å²) >= 11 is 0. The monoisotopic (exact) mass is 410 g/mol. The number of amides is 1. The minimum atomic E-state index is -3.81. The first-order chi connectivity index (χ1) is 13.9.